The van der Waals surface area contributed by atoms with Crippen LogP contribution in [0.4, 0.5) is 0 Å². The van der Waals surface area contributed by atoms with Gasteiger partial charge in [0, 0.05) is 26.6 Å². The number of piperidine rings is 1. The number of aliphatic hydroxyl groups excluding tert-OH is 1. The van der Waals surface area contributed by atoms with Gasteiger partial charge >= 0.3 is 11.9 Å². The fourth-order valence-electron chi connectivity index (χ4n) is 7.48. The van der Waals surface area contributed by atoms with E-state index in [2.05, 4.69) is 42.5 Å². The van der Waals surface area contributed by atoms with Crippen LogP contribution in [-0.2, 0) is 57.5 Å². The van der Waals surface area contributed by atoms with E-state index in [0.29, 0.717) is 32.2 Å². The number of β-amino-alcohol motifs (C(OH)–C–C–N with tert-alkyl or cyclic N) is 1. The minimum Gasteiger partial charge on any atom is -0.481 e. The van der Waals surface area contributed by atoms with Crippen molar-refractivity contribution in [1.82, 2.24) is 52.3 Å². The molecule has 0 spiro atoms. The van der Waals surface area contributed by atoms with Gasteiger partial charge in [0.25, 0.3) is 0 Å². The number of rotatable bonds is 29. The van der Waals surface area contributed by atoms with Crippen LogP contribution in [-0.4, -0.2) is 191 Å². The Bertz CT molecular complexity index is 1870. The molecule has 0 bridgehead atoms. The summed E-state index contributed by atoms with van der Waals surface area (Å²) in [5.74, 6) is -11.2. The molecule has 0 aromatic carbocycles. The van der Waals surface area contributed by atoms with Gasteiger partial charge in [0.05, 0.1) is 38.2 Å². The molecule has 0 aliphatic carbocycles. The summed E-state index contributed by atoms with van der Waals surface area (Å²) in [6, 6.07) is -8.75. The molecule has 0 saturated carbocycles. The normalized spacial score (nSPS) is 18.8. The molecule has 69 heavy (non-hydrogen) atoms. The standard InChI is InChI=1S/C42H70N12O15/c1-22(2)15-28(39(65)48-23(3)36(62)47-20-34(59)54-14-8-6-10-30(54)40(66)51-26(42(68)69)9-5-7-13-43)50-33(58)21-53(4)41(67)29(17-35(60)61)52-38(64)25(11-12-31(44)56)49-32(57)19-46-37(63)27-16-24(55)18-45-27/h22-30,45,55H,5-21,43H2,1-4H3,(H2,44,56)(H,46,63)(H,47,62)(H,48,65)(H,49,57)(H,50,58)(H,51,66)(H,52,64)(H,60,61)(H,68,69)/t23-,24+,25-,26-,27-,28-,29-,30-/m0/s1. The number of nitrogens with one attached hydrogen (secondary N) is 8. The summed E-state index contributed by atoms with van der Waals surface area (Å²) in [4.78, 5) is 155. The topological polar surface area (TPSA) is 420 Å². The van der Waals surface area contributed by atoms with E-state index in [1.807, 2.05) is 0 Å². The Morgan fingerprint density at radius 3 is 2.01 bits per heavy atom. The third-order valence-corrected chi connectivity index (χ3v) is 11.1. The lowest BCUT2D eigenvalue weighted by atomic mass is 10.00. The van der Waals surface area contributed by atoms with Crippen LogP contribution in [0.2, 0.25) is 0 Å². The summed E-state index contributed by atoms with van der Waals surface area (Å²) in [5.41, 5.74) is 10.7. The monoisotopic (exact) mass is 983 g/mol. The van der Waals surface area contributed by atoms with Crippen molar-refractivity contribution in [2.45, 2.75) is 140 Å². The number of likely N-dealkylation sites (N-methyl/N-ethyl adjacent to an activating group) is 1. The second kappa shape index (κ2) is 29.4. The van der Waals surface area contributed by atoms with Crippen LogP contribution in [0.15, 0.2) is 0 Å². The Morgan fingerprint density at radius 2 is 1.42 bits per heavy atom. The van der Waals surface area contributed by atoms with Gasteiger partial charge in [-0.1, -0.05) is 13.8 Å². The average Bonchev–Trinajstić information content (AvgIpc) is 3.72. The summed E-state index contributed by atoms with van der Waals surface area (Å²) in [6.45, 7) is 3.61. The van der Waals surface area contributed by atoms with Crippen LogP contribution >= 0.6 is 0 Å². The Morgan fingerprint density at radius 1 is 0.754 bits per heavy atom. The van der Waals surface area contributed by atoms with Gasteiger partial charge in [0.2, 0.25) is 59.1 Å². The molecule has 27 heteroatoms. The third-order valence-electron chi connectivity index (χ3n) is 11.1. The predicted molar refractivity (Wildman–Crippen MR) is 241 cm³/mol. The first-order valence-electron chi connectivity index (χ1n) is 22.9. The number of unbranched alkanes of at least 4 members (excludes halogenated alkanes) is 1. The van der Waals surface area contributed by atoms with Crippen LogP contribution in [0.25, 0.3) is 0 Å². The maximum atomic E-state index is 13.5. The van der Waals surface area contributed by atoms with Gasteiger partial charge in [-0.25, -0.2) is 4.79 Å². The van der Waals surface area contributed by atoms with E-state index in [0.717, 1.165) is 11.9 Å². The van der Waals surface area contributed by atoms with Crippen LogP contribution in [0.3, 0.4) is 0 Å². The van der Waals surface area contributed by atoms with Crippen molar-refractivity contribution in [3.8, 4) is 0 Å². The van der Waals surface area contributed by atoms with E-state index in [9.17, 15) is 72.9 Å². The molecule has 2 aliphatic rings. The highest BCUT2D eigenvalue weighted by molar-refractivity contribution is 5.98. The average molecular weight is 983 g/mol. The molecule has 2 saturated heterocycles. The fourth-order valence-corrected chi connectivity index (χ4v) is 7.48. The highest BCUT2D eigenvalue weighted by atomic mass is 16.4. The van der Waals surface area contributed by atoms with Crippen molar-refractivity contribution >= 4 is 71.0 Å². The van der Waals surface area contributed by atoms with Crippen LogP contribution in [0, 0.1) is 5.92 Å². The highest BCUT2D eigenvalue weighted by Crippen LogP contribution is 2.18. The molecule has 0 radical (unpaired) electrons. The van der Waals surface area contributed by atoms with E-state index >= 15 is 0 Å². The molecule has 2 aliphatic heterocycles. The van der Waals surface area contributed by atoms with Crippen molar-refractivity contribution in [1.29, 1.82) is 0 Å². The first-order valence-corrected chi connectivity index (χ1v) is 22.9. The number of hydrogen-bond acceptors (Lipinski definition) is 15. The molecule has 2 heterocycles. The van der Waals surface area contributed by atoms with Crippen molar-refractivity contribution in [2.24, 2.45) is 17.4 Å². The van der Waals surface area contributed by atoms with Gasteiger partial charge in [-0.15, -0.1) is 0 Å². The molecular formula is C42H70N12O15. The van der Waals surface area contributed by atoms with E-state index in [1.54, 1.807) is 13.8 Å². The number of aliphatic carboxylic acids is 2. The summed E-state index contributed by atoms with van der Waals surface area (Å²) < 4.78 is 0. The molecule has 10 amide bonds. The van der Waals surface area contributed by atoms with Gasteiger partial charge in [-0.3, -0.25) is 52.7 Å². The number of carbonyl (C=O) groups excluding carboxylic acids is 10. The number of aliphatic hydroxyl groups is 1. The van der Waals surface area contributed by atoms with E-state index in [-0.39, 0.29) is 51.1 Å². The number of carboxylic acid groups (broad SMARTS) is 2. The minimum absolute atomic E-state index is 0.0522. The van der Waals surface area contributed by atoms with Crippen molar-refractivity contribution in [3.63, 3.8) is 0 Å². The third kappa shape index (κ3) is 21.1. The van der Waals surface area contributed by atoms with E-state index < -0.39 is 152 Å². The molecule has 2 fully saturated rings. The molecule has 0 aromatic rings. The number of carbonyl (C=O) groups is 12. The molecule has 8 atom stereocenters. The van der Waals surface area contributed by atoms with Crippen molar-refractivity contribution in [3.05, 3.63) is 0 Å². The lowest BCUT2D eigenvalue weighted by molar-refractivity contribution is -0.146. The second-order valence-electron chi connectivity index (χ2n) is 17.5. The largest absolute Gasteiger partial charge is 0.481 e. The lowest BCUT2D eigenvalue weighted by Gasteiger charge is -2.35. The molecule has 15 N–H and O–H groups in total. The molecule has 27 nitrogen and oxygen atoms in total. The van der Waals surface area contributed by atoms with Gasteiger partial charge in [0.1, 0.15) is 36.3 Å². The minimum atomic E-state index is -1.81. The maximum Gasteiger partial charge on any atom is 0.326 e. The lowest BCUT2D eigenvalue weighted by Crippen LogP contribution is -2.58. The van der Waals surface area contributed by atoms with Crippen molar-refractivity contribution < 1.29 is 72.9 Å². The quantitative estimate of drug-likeness (QED) is 0.0311. The first kappa shape index (κ1) is 58.6. The SMILES string of the molecule is CC(C)C[C@H](NC(=O)CN(C)C(=O)[C@H](CC(=O)O)NC(=O)[C@H](CCC(N)=O)NC(=O)CNC(=O)[C@@H]1C[C@@H](O)CN1)C(=O)N[C@@H](C)C(=O)NCC(=O)N1CCCC[C@H]1C(=O)N[C@@H](CCCCN)C(=O)O. The van der Waals surface area contributed by atoms with Crippen molar-refractivity contribution in [2.75, 3.05) is 46.3 Å². The Labute approximate surface area is 399 Å². The number of hydrogen-bond donors (Lipinski definition) is 13. The Hall–Kier alpha value is -6.48. The van der Waals surface area contributed by atoms with E-state index in [4.69, 9.17) is 11.5 Å². The zero-order valence-electron chi connectivity index (χ0n) is 39.5. The number of amides is 10. The molecule has 0 aromatic heterocycles. The van der Waals surface area contributed by atoms with Gasteiger partial charge in [-0.05, 0) is 77.2 Å². The second-order valence-corrected chi connectivity index (χ2v) is 17.5. The number of nitrogens with two attached hydrogens (primary N) is 2. The summed E-state index contributed by atoms with van der Waals surface area (Å²) in [5, 5.41) is 48.4. The van der Waals surface area contributed by atoms with Crippen LogP contribution in [0.5, 0.6) is 0 Å². The van der Waals surface area contributed by atoms with Crippen LogP contribution < -0.4 is 54.0 Å². The van der Waals surface area contributed by atoms with Crippen LogP contribution in [0.1, 0.15) is 91.4 Å². The molecular weight excluding hydrogens is 913 g/mol. The maximum absolute atomic E-state index is 13.5. The Kier molecular flexibility index (Phi) is 25.0. The zero-order chi connectivity index (χ0) is 52.0. The van der Waals surface area contributed by atoms with Gasteiger partial charge < -0.3 is 79.1 Å². The predicted octanol–water partition coefficient (Wildman–Crippen LogP) is -5.78. The smallest absolute Gasteiger partial charge is 0.326 e. The molecule has 2 rings (SSSR count). The van der Waals surface area contributed by atoms with Gasteiger partial charge in [-0.2, -0.15) is 0 Å². The number of carboxylic acids is 2. The summed E-state index contributed by atoms with van der Waals surface area (Å²) >= 11 is 0. The first-order chi connectivity index (χ1) is 32.4. The van der Waals surface area contributed by atoms with Gasteiger partial charge in [0.15, 0.2) is 0 Å². The Balaban J connectivity index is 2.04. The summed E-state index contributed by atoms with van der Waals surface area (Å²) in [7, 11) is 1.12. The summed E-state index contributed by atoms with van der Waals surface area (Å²) in [6.07, 6.45) is 0.266. The number of likely N-dealkylation sites (tertiary alicyclic amines) is 1. The van der Waals surface area contributed by atoms with E-state index in [1.165, 1.54) is 11.8 Å². The molecule has 388 valence electrons. The highest BCUT2D eigenvalue weighted by Gasteiger charge is 2.36. The molecule has 0 unspecified atom stereocenters. The number of primary amides is 1. The fraction of sp³-hybridized carbons (Fsp3) is 0.714. The number of nitrogens with zero attached hydrogens (tertiary/aromatic N) is 2. The zero-order valence-corrected chi connectivity index (χ0v) is 39.5.